The van der Waals surface area contributed by atoms with Crippen LogP contribution in [0.1, 0.15) is 56.2 Å². The van der Waals surface area contributed by atoms with Crippen LogP contribution in [-0.2, 0) is 11.0 Å². The van der Waals surface area contributed by atoms with Gasteiger partial charge in [0.05, 0.1) is 5.60 Å². The van der Waals surface area contributed by atoms with Crippen molar-refractivity contribution in [2.75, 3.05) is 18.4 Å². The van der Waals surface area contributed by atoms with Crippen LogP contribution in [0, 0.1) is 6.92 Å². The number of piperidine rings is 1. The Balaban J connectivity index is 1.66. The molecule has 0 spiro atoms. The first kappa shape index (κ1) is 22.8. The number of nitrogens with zero attached hydrogens (tertiary/aromatic N) is 3. The molecule has 0 radical (unpaired) electrons. The molecule has 0 atom stereocenters. The highest BCUT2D eigenvalue weighted by Gasteiger charge is 2.34. The first-order valence-electron chi connectivity index (χ1n) is 9.84. The number of alkyl halides is 3. The van der Waals surface area contributed by atoms with Crippen molar-refractivity contribution in [3.05, 3.63) is 46.2 Å². The van der Waals surface area contributed by atoms with Crippen molar-refractivity contribution in [3.8, 4) is 0 Å². The average molecular weight is 443 g/mol. The molecule has 1 aliphatic rings. The second kappa shape index (κ2) is 8.69. The van der Waals surface area contributed by atoms with E-state index in [-0.39, 0.29) is 11.5 Å². The summed E-state index contributed by atoms with van der Waals surface area (Å²) >= 11 is 5.67. The third kappa shape index (κ3) is 5.83. The molecule has 2 aromatic rings. The van der Waals surface area contributed by atoms with E-state index in [2.05, 4.69) is 21.4 Å². The van der Waals surface area contributed by atoms with Gasteiger partial charge in [-0.05, 0) is 63.6 Å². The Kier molecular flexibility index (Phi) is 6.60. The van der Waals surface area contributed by atoms with Gasteiger partial charge < -0.3 is 5.32 Å². The standard InChI is InChI=1S/C21H26ClF3N4O/c1-13-11-15(14-7-9-29(10-8-14)30-20(2,3)4)5-6-17(13)27-19-26-12-16(18(22)28-19)21(23,24)25/h5-6,11-12,14H,7-10H2,1-4H3,(H,26,27,28). The van der Waals surface area contributed by atoms with Crippen molar-refractivity contribution in [3.63, 3.8) is 0 Å². The Morgan fingerprint density at radius 1 is 1.17 bits per heavy atom. The van der Waals surface area contributed by atoms with Gasteiger partial charge in [0.15, 0.2) is 0 Å². The van der Waals surface area contributed by atoms with Crippen molar-refractivity contribution in [1.82, 2.24) is 15.0 Å². The summed E-state index contributed by atoms with van der Waals surface area (Å²) in [6.07, 6.45) is -1.89. The number of nitrogens with one attached hydrogen (secondary N) is 1. The molecule has 1 aromatic carbocycles. The number of aromatic nitrogens is 2. The Morgan fingerprint density at radius 3 is 2.37 bits per heavy atom. The van der Waals surface area contributed by atoms with Crippen molar-refractivity contribution in [2.24, 2.45) is 0 Å². The van der Waals surface area contributed by atoms with E-state index in [0.717, 1.165) is 37.2 Å². The topological polar surface area (TPSA) is 50.3 Å². The molecule has 3 rings (SSSR count). The number of halogens is 4. The maximum atomic E-state index is 12.8. The minimum Gasteiger partial charge on any atom is -0.324 e. The summed E-state index contributed by atoms with van der Waals surface area (Å²) in [5, 5.41) is 4.36. The van der Waals surface area contributed by atoms with Crippen LogP contribution >= 0.6 is 11.6 Å². The van der Waals surface area contributed by atoms with Crippen molar-refractivity contribution in [2.45, 2.75) is 58.2 Å². The van der Waals surface area contributed by atoms with Gasteiger partial charge in [0, 0.05) is 25.0 Å². The lowest BCUT2D eigenvalue weighted by Gasteiger charge is -2.35. The van der Waals surface area contributed by atoms with Gasteiger partial charge >= 0.3 is 6.18 Å². The van der Waals surface area contributed by atoms with Crippen LogP contribution in [0.3, 0.4) is 0 Å². The third-order valence-corrected chi connectivity index (χ3v) is 5.16. The lowest BCUT2D eigenvalue weighted by atomic mass is 9.89. The van der Waals surface area contributed by atoms with Gasteiger partial charge in [-0.15, -0.1) is 0 Å². The van der Waals surface area contributed by atoms with Gasteiger partial charge in [-0.1, -0.05) is 23.7 Å². The highest BCUT2D eigenvalue weighted by Crippen LogP contribution is 2.35. The molecule has 9 heteroatoms. The van der Waals surface area contributed by atoms with Gasteiger partial charge in [-0.25, -0.2) is 9.97 Å². The predicted molar refractivity (Wildman–Crippen MR) is 111 cm³/mol. The van der Waals surface area contributed by atoms with Gasteiger partial charge in [-0.3, -0.25) is 4.84 Å². The van der Waals surface area contributed by atoms with Gasteiger partial charge in [0.2, 0.25) is 5.95 Å². The number of aryl methyl sites for hydroxylation is 1. The molecule has 1 fully saturated rings. The fraction of sp³-hybridized carbons (Fsp3) is 0.524. The Morgan fingerprint density at radius 2 is 1.83 bits per heavy atom. The van der Waals surface area contributed by atoms with Crippen LogP contribution in [-0.4, -0.2) is 33.7 Å². The molecular weight excluding hydrogens is 417 g/mol. The van der Waals surface area contributed by atoms with E-state index < -0.39 is 16.9 Å². The first-order valence-corrected chi connectivity index (χ1v) is 10.2. The summed E-state index contributed by atoms with van der Waals surface area (Å²) in [7, 11) is 0. The third-order valence-electron chi connectivity index (χ3n) is 4.87. The maximum absolute atomic E-state index is 12.8. The SMILES string of the molecule is Cc1cc(C2CCN(OC(C)(C)C)CC2)ccc1Nc1ncc(C(F)(F)F)c(Cl)n1. The maximum Gasteiger partial charge on any atom is 0.420 e. The quantitative estimate of drug-likeness (QED) is 0.579. The molecular formula is C21H26ClF3N4O. The Bertz CT molecular complexity index is 891. The number of rotatable bonds is 4. The molecule has 0 aliphatic carbocycles. The second-order valence-corrected chi connectivity index (χ2v) is 8.86. The molecule has 0 bridgehead atoms. The minimum absolute atomic E-state index is 0.0245. The summed E-state index contributed by atoms with van der Waals surface area (Å²) in [6, 6.07) is 6.03. The predicted octanol–water partition coefficient (Wildman–Crippen LogP) is 6.11. The van der Waals surface area contributed by atoms with E-state index in [1.54, 1.807) is 0 Å². The fourth-order valence-electron chi connectivity index (χ4n) is 3.48. The summed E-state index contributed by atoms with van der Waals surface area (Å²) in [6.45, 7) is 9.82. The smallest absolute Gasteiger partial charge is 0.324 e. The number of anilines is 2. The van der Waals surface area contributed by atoms with E-state index >= 15 is 0 Å². The van der Waals surface area contributed by atoms with Crippen LogP contribution < -0.4 is 5.32 Å². The average Bonchev–Trinajstić information content (AvgIpc) is 2.62. The van der Waals surface area contributed by atoms with Crippen molar-refractivity contribution in [1.29, 1.82) is 0 Å². The summed E-state index contributed by atoms with van der Waals surface area (Å²) in [5.74, 6) is 0.464. The summed E-state index contributed by atoms with van der Waals surface area (Å²) in [5.41, 5.74) is 1.67. The van der Waals surface area contributed by atoms with Crippen LogP contribution in [0.4, 0.5) is 24.8 Å². The minimum atomic E-state index is -4.58. The molecule has 0 saturated carbocycles. The van der Waals surface area contributed by atoms with Gasteiger partial charge in [-0.2, -0.15) is 18.2 Å². The molecule has 5 nitrogen and oxygen atoms in total. The number of hydrogen-bond donors (Lipinski definition) is 1. The molecule has 0 amide bonds. The Hall–Kier alpha value is -1.90. The van der Waals surface area contributed by atoms with Crippen molar-refractivity contribution < 1.29 is 18.0 Å². The highest BCUT2D eigenvalue weighted by atomic mass is 35.5. The molecule has 164 valence electrons. The summed E-state index contributed by atoms with van der Waals surface area (Å²) < 4.78 is 38.4. The Labute approximate surface area is 179 Å². The second-order valence-electron chi connectivity index (χ2n) is 8.50. The fourth-order valence-corrected chi connectivity index (χ4v) is 3.72. The van der Waals surface area contributed by atoms with Crippen LogP contribution in [0.15, 0.2) is 24.4 Å². The summed E-state index contributed by atoms with van der Waals surface area (Å²) in [4.78, 5) is 13.4. The normalized spacial score (nSPS) is 16.7. The number of benzene rings is 1. The zero-order chi connectivity index (χ0) is 22.1. The van der Waals surface area contributed by atoms with E-state index in [1.807, 2.05) is 44.9 Å². The molecule has 0 unspecified atom stereocenters. The van der Waals surface area contributed by atoms with Gasteiger partial charge in [0.25, 0.3) is 0 Å². The molecule has 1 aliphatic heterocycles. The van der Waals surface area contributed by atoms with Crippen LogP contribution in [0.25, 0.3) is 0 Å². The molecule has 2 heterocycles. The van der Waals surface area contributed by atoms with Crippen LogP contribution in [0.2, 0.25) is 5.15 Å². The molecule has 1 saturated heterocycles. The monoisotopic (exact) mass is 442 g/mol. The molecule has 1 N–H and O–H groups in total. The highest BCUT2D eigenvalue weighted by molar-refractivity contribution is 6.30. The van der Waals surface area contributed by atoms with E-state index in [1.165, 1.54) is 5.56 Å². The van der Waals surface area contributed by atoms with E-state index in [9.17, 15) is 13.2 Å². The van der Waals surface area contributed by atoms with Crippen molar-refractivity contribution >= 4 is 23.2 Å². The first-order chi connectivity index (χ1) is 13.9. The largest absolute Gasteiger partial charge is 0.420 e. The van der Waals surface area contributed by atoms with Gasteiger partial charge in [0.1, 0.15) is 10.7 Å². The number of hydrogen-bond acceptors (Lipinski definition) is 5. The zero-order valence-corrected chi connectivity index (χ0v) is 18.2. The lowest BCUT2D eigenvalue weighted by molar-refractivity contribution is -0.236. The zero-order valence-electron chi connectivity index (χ0n) is 17.5. The number of hydroxylamine groups is 2. The molecule has 1 aromatic heterocycles. The molecule has 30 heavy (non-hydrogen) atoms. The van der Waals surface area contributed by atoms with E-state index in [0.29, 0.717) is 12.1 Å². The van der Waals surface area contributed by atoms with Crippen LogP contribution in [0.5, 0.6) is 0 Å². The van der Waals surface area contributed by atoms with E-state index in [4.69, 9.17) is 16.4 Å². The lowest BCUT2D eigenvalue weighted by Crippen LogP contribution is -2.39.